The summed E-state index contributed by atoms with van der Waals surface area (Å²) in [6.07, 6.45) is 4.31. The summed E-state index contributed by atoms with van der Waals surface area (Å²) in [7, 11) is 1.63. The van der Waals surface area contributed by atoms with Crippen LogP contribution in [0.5, 0.6) is 0 Å². The van der Waals surface area contributed by atoms with Gasteiger partial charge >= 0.3 is 5.69 Å². The lowest BCUT2D eigenvalue weighted by Gasteiger charge is -2.06. The van der Waals surface area contributed by atoms with Crippen LogP contribution in [0.25, 0.3) is 0 Å². The molecule has 0 fully saturated rings. The summed E-state index contributed by atoms with van der Waals surface area (Å²) in [6, 6.07) is 3.44. The quantitative estimate of drug-likeness (QED) is 0.427. The predicted molar refractivity (Wildman–Crippen MR) is 100.0 cm³/mol. The van der Waals surface area contributed by atoms with Crippen LogP contribution in [-0.2, 0) is 24.9 Å². The molecule has 0 atom stereocenters. The van der Waals surface area contributed by atoms with Crippen LogP contribution in [-0.4, -0.2) is 36.3 Å². The minimum atomic E-state index is -0.526. The molecule has 0 aromatic carbocycles. The molecule has 0 aliphatic rings. The molecule has 3 heterocycles. The maximum atomic E-state index is 12.4. The number of hydrogen-bond acceptors (Lipinski definition) is 7. The zero-order valence-electron chi connectivity index (χ0n) is 15.8. The highest BCUT2D eigenvalue weighted by molar-refractivity contribution is 6.02. The molecule has 12 nitrogen and oxygen atoms in total. The van der Waals surface area contributed by atoms with Crippen LogP contribution in [0, 0.1) is 17.0 Å². The van der Waals surface area contributed by atoms with Gasteiger partial charge in [-0.3, -0.25) is 29.1 Å². The molecule has 0 saturated heterocycles. The fraction of sp³-hybridized carbons (Fsp3) is 0.294. The van der Waals surface area contributed by atoms with Crippen LogP contribution >= 0.6 is 0 Å². The molecule has 3 aromatic rings. The van der Waals surface area contributed by atoms with Crippen molar-refractivity contribution in [2.24, 2.45) is 7.05 Å². The van der Waals surface area contributed by atoms with Crippen molar-refractivity contribution in [3.63, 3.8) is 0 Å². The molecule has 0 aliphatic heterocycles. The van der Waals surface area contributed by atoms with Crippen molar-refractivity contribution < 1.29 is 18.9 Å². The Hall–Kier alpha value is -3.96. The minimum Gasteiger partial charge on any atom is -0.467 e. The monoisotopic (exact) mass is 401 g/mol. The number of aryl methyl sites for hydroxylation is 3. The van der Waals surface area contributed by atoms with Gasteiger partial charge in [0.2, 0.25) is 5.91 Å². The van der Waals surface area contributed by atoms with E-state index in [4.69, 9.17) is 4.42 Å². The average Bonchev–Trinajstić information content (AvgIpc) is 3.38. The van der Waals surface area contributed by atoms with Crippen LogP contribution in [0.4, 0.5) is 11.4 Å². The summed E-state index contributed by atoms with van der Waals surface area (Å²) in [5, 5.41) is 24.3. The van der Waals surface area contributed by atoms with Gasteiger partial charge in [-0.15, -0.1) is 0 Å². The summed E-state index contributed by atoms with van der Waals surface area (Å²) in [5.74, 6) is -0.256. The van der Waals surface area contributed by atoms with Gasteiger partial charge in [0.15, 0.2) is 5.69 Å². The molecule has 0 aliphatic carbocycles. The van der Waals surface area contributed by atoms with Gasteiger partial charge in [0.05, 0.1) is 23.4 Å². The molecule has 0 spiro atoms. The topological polar surface area (TPSA) is 150 Å². The molecule has 12 heteroatoms. The Balaban J connectivity index is 1.59. The molecule has 0 unspecified atom stereocenters. The Morgan fingerprint density at radius 3 is 2.76 bits per heavy atom. The highest BCUT2D eigenvalue weighted by Gasteiger charge is 2.19. The van der Waals surface area contributed by atoms with Crippen LogP contribution in [0.3, 0.4) is 0 Å². The van der Waals surface area contributed by atoms with Crippen molar-refractivity contribution in [2.75, 3.05) is 5.32 Å². The third-order valence-electron chi connectivity index (χ3n) is 4.01. The molecule has 0 saturated carbocycles. The Kier molecular flexibility index (Phi) is 5.71. The number of hydrogen-bond donors (Lipinski definition) is 2. The highest BCUT2D eigenvalue weighted by atomic mass is 16.6. The highest BCUT2D eigenvalue weighted by Crippen LogP contribution is 2.16. The van der Waals surface area contributed by atoms with Gasteiger partial charge < -0.3 is 15.1 Å². The number of carbonyl (C=O) groups is 2. The lowest BCUT2D eigenvalue weighted by Crippen LogP contribution is -2.25. The summed E-state index contributed by atoms with van der Waals surface area (Å²) >= 11 is 0. The molecule has 2 amide bonds. The molecule has 0 radical (unpaired) electrons. The van der Waals surface area contributed by atoms with E-state index in [1.807, 2.05) is 0 Å². The Morgan fingerprint density at radius 1 is 1.31 bits per heavy atom. The van der Waals surface area contributed by atoms with Gasteiger partial charge in [-0.1, -0.05) is 0 Å². The fourth-order valence-electron chi connectivity index (χ4n) is 2.64. The summed E-state index contributed by atoms with van der Waals surface area (Å²) in [4.78, 5) is 35.0. The number of nitrogens with zero attached hydrogens (tertiary/aromatic N) is 5. The fourth-order valence-corrected chi connectivity index (χ4v) is 2.64. The lowest BCUT2D eigenvalue weighted by molar-refractivity contribution is -0.385. The number of rotatable bonds is 8. The second-order valence-electron chi connectivity index (χ2n) is 6.25. The van der Waals surface area contributed by atoms with Crippen molar-refractivity contribution in [1.29, 1.82) is 0 Å². The number of aromatic nitrogens is 4. The van der Waals surface area contributed by atoms with Gasteiger partial charge in [-0.05, 0) is 19.1 Å². The normalized spacial score (nSPS) is 10.7. The zero-order chi connectivity index (χ0) is 21.0. The minimum absolute atomic E-state index is 0.0145. The van der Waals surface area contributed by atoms with Crippen molar-refractivity contribution in [3.05, 3.63) is 58.1 Å². The van der Waals surface area contributed by atoms with Crippen LogP contribution in [0.15, 0.2) is 35.2 Å². The van der Waals surface area contributed by atoms with Crippen molar-refractivity contribution >= 4 is 23.2 Å². The Bertz CT molecular complexity index is 1030. The maximum absolute atomic E-state index is 12.4. The zero-order valence-corrected chi connectivity index (χ0v) is 15.8. The van der Waals surface area contributed by atoms with Crippen LogP contribution in [0.2, 0.25) is 0 Å². The third-order valence-corrected chi connectivity index (χ3v) is 4.01. The van der Waals surface area contributed by atoms with Gasteiger partial charge in [0.25, 0.3) is 5.91 Å². The maximum Gasteiger partial charge on any atom is 0.309 e. The van der Waals surface area contributed by atoms with E-state index in [0.29, 0.717) is 5.76 Å². The number of anilines is 1. The van der Waals surface area contributed by atoms with E-state index >= 15 is 0 Å². The first-order valence-electron chi connectivity index (χ1n) is 8.66. The first-order chi connectivity index (χ1) is 13.8. The van der Waals surface area contributed by atoms with E-state index in [-0.39, 0.29) is 48.2 Å². The van der Waals surface area contributed by atoms with Crippen molar-refractivity contribution in [3.8, 4) is 0 Å². The predicted octanol–water partition coefficient (Wildman–Crippen LogP) is 1.39. The van der Waals surface area contributed by atoms with Crippen molar-refractivity contribution in [2.45, 2.75) is 26.4 Å². The van der Waals surface area contributed by atoms with Crippen molar-refractivity contribution in [1.82, 2.24) is 24.9 Å². The molecular formula is C17H19N7O5. The number of amides is 2. The second kappa shape index (κ2) is 8.37. The number of carbonyl (C=O) groups excluding carboxylic acids is 2. The summed E-state index contributed by atoms with van der Waals surface area (Å²) in [6.45, 7) is 1.87. The average molecular weight is 401 g/mol. The Labute approximate surface area is 164 Å². The summed E-state index contributed by atoms with van der Waals surface area (Å²) in [5.41, 5.74) is 0.501. The van der Waals surface area contributed by atoms with E-state index in [9.17, 15) is 19.7 Å². The van der Waals surface area contributed by atoms with E-state index in [1.54, 1.807) is 19.2 Å². The number of nitrogens with one attached hydrogen (secondary N) is 2. The molecule has 3 aromatic heterocycles. The standard InChI is InChI=1S/C17H19N7O5/c1-11-14(24(27)28)10-23(20-11)6-5-15(25)19-13-9-22(2)21-16(13)17(26)18-8-12-4-3-7-29-12/h3-4,7,9-10H,5-6,8H2,1-2H3,(H,18,26)(H,19,25). The molecule has 2 N–H and O–H groups in total. The van der Waals surface area contributed by atoms with E-state index in [0.717, 1.165) is 0 Å². The number of nitro groups is 1. The van der Waals surface area contributed by atoms with Crippen LogP contribution < -0.4 is 10.6 Å². The second-order valence-corrected chi connectivity index (χ2v) is 6.25. The lowest BCUT2D eigenvalue weighted by atomic mass is 10.3. The van der Waals surface area contributed by atoms with E-state index in [1.165, 1.54) is 34.9 Å². The molecule has 29 heavy (non-hydrogen) atoms. The molecule has 3 rings (SSSR count). The molecule has 152 valence electrons. The van der Waals surface area contributed by atoms with Gasteiger partial charge in [0.1, 0.15) is 17.7 Å². The third kappa shape index (κ3) is 4.86. The first-order valence-corrected chi connectivity index (χ1v) is 8.66. The number of furan rings is 1. The molecule has 0 bridgehead atoms. The van der Waals surface area contributed by atoms with Gasteiger partial charge in [-0.2, -0.15) is 10.2 Å². The molecular weight excluding hydrogens is 382 g/mol. The van der Waals surface area contributed by atoms with Gasteiger partial charge in [-0.25, -0.2) is 0 Å². The first kappa shape index (κ1) is 19.8. The Morgan fingerprint density at radius 2 is 2.10 bits per heavy atom. The largest absolute Gasteiger partial charge is 0.467 e. The van der Waals surface area contributed by atoms with E-state index < -0.39 is 10.8 Å². The van der Waals surface area contributed by atoms with E-state index in [2.05, 4.69) is 20.8 Å². The smallest absolute Gasteiger partial charge is 0.309 e. The van der Waals surface area contributed by atoms with Gasteiger partial charge in [0, 0.05) is 26.2 Å². The van der Waals surface area contributed by atoms with Crippen LogP contribution in [0.1, 0.15) is 28.4 Å². The summed E-state index contributed by atoms with van der Waals surface area (Å²) < 4.78 is 7.91. The SMILES string of the molecule is Cc1nn(CCC(=O)Nc2cn(C)nc2C(=O)NCc2ccco2)cc1[N+](=O)[O-].